The smallest absolute Gasteiger partial charge is 0.306 e. The summed E-state index contributed by atoms with van der Waals surface area (Å²) in [6.45, 7) is 5.58. The fourth-order valence-corrected chi connectivity index (χ4v) is 3.37. The van der Waals surface area contributed by atoms with Gasteiger partial charge in [0.25, 0.3) is 0 Å². The van der Waals surface area contributed by atoms with Crippen molar-refractivity contribution >= 4 is 17.6 Å². The summed E-state index contributed by atoms with van der Waals surface area (Å²) in [6, 6.07) is 10.8. The number of carbonyl (C=O) groups is 1. The summed E-state index contributed by atoms with van der Waals surface area (Å²) in [5, 5.41) is 19.9. The Labute approximate surface area is 163 Å². The first kappa shape index (κ1) is 19.5. The molecule has 1 aliphatic rings. The van der Waals surface area contributed by atoms with Gasteiger partial charge in [-0.05, 0) is 50.1 Å². The quantitative estimate of drug-likeness (QED) is 0.765. The first-order valence-corrected chi connectivity index (χ1v) is 9.19. The van der Waals surface area contributed by atoms with E-state index >= 15 is 0 Å². The Kier molecular flexibility index (Phi) is 5.36. The molecule has 2 aromatic carbocycles. The molecule has 0 aliphatic carbocycles. The number of carboxylic acids is 1. The zero-order valence-corrected chi connectivity index (χ0v) is 16.3. The van der Waals surface area contributed by atoms with Crippen molar-refractivity contribution in [2.24, 2.45) is 5.92 Å². The van der Waals surface area contributed by atoms with Crippen molar-refractivity contribution in [3.8, 4) is 11.5 Å². The van der Waals surface area contributed by atoms with E-state index in [0.29, 0.717) is 28.5 Å². The second-order valence-corrected chi connectivity index (χ2v) is 7.90. The third-order valence-corrected chi connectivity index (χ3v) is 4.98. The van der Waals surface area contributed by atoms with E-state index in [-0.39, 0.29) is 6.61 Å². The molecule has 2 atom stereocenters. The number of halogens is 1. The molecule has 0 saturated heterocycles. The number of ether oxygens (including phenoxy) is 2. The summed E-state index contributed by atoms with van der Waals surface area (Å²) in [4.78, 5) is 11.0. The normalized spacial score (nSPS) is 18.5. The number of fused-ring (bicyclic) bond motifs is 1. The van der Waals surface area contributed by atoms with Gasteiger partial charge in [0.2, 0.25) is 0 Å². The number of aliphatic carboxylic acids is 1. The SMILES string of the molecule is CC(Cc1ccc(OCc2cc(Cl)cc3c2OC(C)(C)C3O)cc1)C(=O)O. The van der Waals surface area contributed by atoms with E-state index in [1.54, 1.807) is 19.1 Å². The minimum absolute atomic E-state index is 0.247. The van der Waals surface area contributed by atoms with Crippen molar-refractivity contribution in [1.82, 2.24) is 0 Å². The first-order chi connectivity index (χ1) is 12.7. The second-order valence-electron chi connectivity index (χ2n) is 7.47. The predicted octanol–water partition coefficient (Wildman–Crippen LogP) is 4.39. The minimum atomic E-state index is -0.810. The fraction of sp³-hybridized carbons (Fsp3) is 0.381. The number of aliphatic hydroxyl groups excluding tert-OH is 1. The van der Waals surface area contributed by atoms with Crippen molar-refractivity contribution in [2.45, 2.75) is 45.5 Å². The minimum Gasteiger partial charge on any atom is -0.489 e. The molecule has 144 valence electrons. The van der Waals surface area contributed by atoms with E-state index < -0.39 is 23.6 Å². The van der Waals surface area contributed by atoms with Crippen LogP contribution in [0.4, 0.5) is 0 Å². The molecule has 0 aromatic heterocycles. The molecule has 0 saturated carbocycles. The van der Waals surface area contributed by atoms with Gasteiger partial charge in [-0.15, -0.1) is 0 Å². The summed E-state index contributed by atoms with van der Waals surface area (Å²) in [7, 11) is 0. The van der Waals surface area contributed by atoms with Gasteiger partial charge < -0.3 is 19.7 Å². The molecule has 2 N–H and O–H groups in total. The maximum Gasteiger partial charge on any atom is 0.306 e. The van der Waals surface area contributed by atoms with E-state index in [2.05, 4.69) is 0 Å². The molecule has 6 heteroatoms. The average Bonchev–Trinajstić information content (AvgIpc) is 2.84. The van der Waals surface area contributed by atoms with Crippen LogP contribution in [-0.2, 0) is 17.8 Å². The van der Waals surface area contributed by atoms with Gasteiger partial charge in [-0.2, -0.15) is 0 Å². The van der Waals surface area contributed by atoms with Crippen LogP contribution < -0.4 is 9.47 Å². The van der Waals surface area contributed by atoms with Crippen LogP contribution in [0.3, 0.4) is 0 Å². The number of carboxylic acid groups (broad SMARTS) is 1. The summed E-state index contributed by atoms with van der Waals surface area (Å²) in [5.74, 6) is 0.0325. The molecule has 1 aliphatic heterocycles. The Hall–Kier alpha value is -2.24. The number of hydrogen-bond donors (Lipinski definition) is 2. The van der Waals surface area contributed by atoms with Gasteiger partial charge in [-0.3, -0.25) is 4.79 Å². The fourth-order valence-electron chi connectivity index (χ4n) is 3.13. The van der Waals surface area contributed by atoms with Crippen LogP contribution in [0.25, 0.3) is 0 Å². The van der Waals surface area contributed by atoms with E-state index in [9.17, 15) is 9.90 Å². The standard InChI is InChI=1S/C21H23ClO5/c1-12(20(24)25)8-13-4-6-16(7-5-13)26-11-14-9-15(22)10-17-18(14)27-21(2,3)19(17)23/h4-7,9-10,12,19,23H,8,11H2,1-3H3,(H,24,25). The summed E-state index contributed by atoms with van der Waals surface area (Å²) >= 11 is 6.19. The van der Waals surface area contributed by atoms with Crippen LogP contribution in [0, 0.1) is 5.92 Å². The highest BCUT2D eigenvalue weighted by Gasteiger charge is 2.41. The van der Waals surface area contributed by atoms with Gasteiger partial charge in [-0.25, -0.2) is 0 Å². The molecule has 0 radical (unpaired) electrons. The van der Waals surface area contributed by atoms with E-state index in [1.807, 2.05) is 38.1 Å². The van der Waals surface area contributed by atoms with Gasteiger partial charge in [0.1, 0.15) is 29.8 Å². The van der Waals surface area contributed by atoms with Gasteiger partial charge in [0.15, 0.2) is 0 Å². The highest BCUT2D eigenvalue weighted by atomic mass is 35.5. The molecular weight excluding hydrogens is 368 g/mol. The lowest BCUT2D eigenvalue weighted by Gasteiger charge is -2.22. The summed E-state index contributed by atoms with van der Waals surface area (Å²) in [6.07, 6.45) is -0.279. The van der Waals surface area contributed by atoms with Gasteiger partial charge in [0.05, 0.1) is 5.92 Å². The van der Waals surface area contributed by atoms with Gasteiger partial charge in [0, 0.05) is 16.1 Å². The molecule has 27 heavy (non-hydrogen) atoms. The van der Waals surface area contributed by atoms with Gasteiger partial charge in [-0.1, -0.05) is 30.7 Å². The van der Waals surface area contributed by atoms with Gasteiger partial charge >= 0.3 is 5.97 Å². The Morgan fingerprint density at radius 2 is 1.96 bits per heavy atom. The lowest BCUT2D eigenvalue weighted by molar-refractivity contribution is -0.141. The Bertz CT molecular complexity index is 844. The van der Waals surface area contributed by atoms with Crippen molar-refractivity contribution < 1.29 is 24.5 Å². The molecule has 1 heterocycles. The Morgan fingerprint density at radius 1 is 1.30 bits per heavy atom. The predicted molar refractivity (Wildman–Crippen MR) is 102 cm³/mol. The van der Waals surface area contributed by atoms with Crippen LogP contribution in [0.15, 0.2) is 36.4 Å². The zero-order chi connectivity index (χ0) is 19.8. The van der Waals surface area contributed by atoms with Crippen LogP contribution in [-0.4, -0.2) is 21.8 Å². The van der Waals surface area contributed by atoms with Crippen molar-refractivity contribution in [1.29, 1.82) is 0 Å². The van der Waals surface area contributed by atoms with E-state index in [1.165, 1.54) is 0 Å². The molecule has 2 unspecified atom stereocenters. The third-order valence-electron chi connectivity index (χ3n) is 4.76. The van der Waals surface area contributed by atoms with Crippen LogP contribution in [0.1, 0.15) is 43.6 Å². The zero-order valence-electron chi connectivity index (χ0n) is 15.5. The topological polar surface area (TPSA) is 76.0 Å². The Balaban J connectivity index is 1.71. The Morgan fingerprint density at radius 3 is 2.59 bits per heavy atom. The maximum atomic E-state index is 11.0. The van der Waals surface area contributed by atoms with Crippen LogP contribution in [0.2, 0.25) is 5.02 Å². The van der Waals surface area contributed by atoms with Crippen molar-refractivity contribution in [3.05, 3.63) is 58.1 Å². The largest absolute Gasteiger partial charge is 0.489 e. The molecule has 2 aromatic rings. The van der Waals surface area contributed by atoms with E-state index in [4.69, 9.17) is 26.2 Å². The lowest BCUT2D eigenvalue weighted by atomic mass is 9.97. The second kappa shape index (κ2) is 7.41. The molecule has 3 rings (SSSR count). The average molecular weight is 391 g/mol. The molecule has 0 amide bonds. The molecule has 5 nitrogen and oxygen atoms in total. The lowest BCUT2D eigenvalue weighted by Crippen LogP contribution is -2.30. The summed E-state index contributed by atoms with van der Waals surface area (Å²) in [5.41, 5.74) is 1.66. The highest BCUT2D eigenvalue weighted by Crippen LogP contribution is 2.46. The maximum absolute atomic E-state index is 11.0. The van der Waals surface area contributed by atoms with Crippen LogP contribution in [0.5, 0.6) is 11.5 Å². The molecule has 0 spiro atoms. The first-order valence-electron chi connectivity index (χ1n) is 8.81. The highest BCUT2D eigenvalue weighted by molar-refractivity contribution is 6.30. The molecular formula is C21H23ClO5. The third kappa shape index (κ3) is 4.20. The number of aliphatic hydroxyl groups is 1. The van der Waals surface area contributed by atoms with Crippen molar-refractivity contribution in [2.75, 3.05) is 0 Å². The monoisotopic (exact) mass is 390 g/mol. The number of rotatable bonds is 6. The summed E-state index contributed by atoms with van der Waals surface area (Å²) < 4.78 is 11.8. The van der Waals surface area contributed by atoms with Crippen LogP contribution >= 0.6 is 11.6 Å². The molecule has 0 fully saturated rings. The van der Waals surface area contributed by atoms with E-state index in [0.717, 1.165) is 11.1 Å². The number of benzene rings is 2. The number of hydrogen-bond acceptors (Lipinski definition) is 4. The van der Waals surface area contributed by atoms with Crippen molar-refractivity contribution in [3.63, 3.8) is 0 Å². The molecule has 0 bridgehead atoms.